The molecule has 1 aliphatic rings. The molecule has 0 heterocycles. The molecule has 3 nitrogen and oxygen atoms in total. The van der Waals surface area contributed by atoms with E-state index in [1.165, 1.54) is 7.11 Å². The molecule has 1 fully saturated rings. The van der Waals surface area contributed by atoms with Crippen LogP contribution >= 0.6 is 11.8 Å². The Morgan fingerprint density at radius 3 is 2.53 bits per heavy atom. The zero-order valence-corrected chi connectivity index (χ0v) is 11.1. The lowest BCUT2D eigenvalue weighted by molar-refractivity contribution is -0.140. The van der Waals surface area contributed by atoms with Gasteiger partial charge in [-0.3, -0.25) is 4.79 Å². The van der Waals surface area contributed by atoms with Crippen LogP contribution in [0.3, 0.4) is 0 Å². The van der Waals surface area contributed by atoms with E-state index in [-0.39, 0.29) is 10.7 Å². The molecule has 0 spiro atoms. The lowest BCUT2D eigenvalue weighted by atomic mass is 10.2. The fraction of sp³-hybridized carbons (Fsp3) is 0.462. The molecular formula is C13H16O3S. The molecule has 0 saturated heterocycles. The number of ether oxygens (including phenoxy) is 2. The first kappa shape index (κ1) is 12.3. The van der Waals surface area contributed by atoms with Gasteiger partial charge in [-0.2, -0.15) is 0 Å². The second kappa shape index (κ2) is 4.61. The molecule has 17 heavy (non-hydrogen) atoms. The van der Waals surface area contributed by atoms with Gasteiger partial charge in [-0.05, 0) is 43.5 Å². The summed E-state index contributed by atoms with van der Waals surface area (Å²) in [6.45, 7) is 2.00. The fourth-order valence-electron chi connectivity index (χ4n) is 1.79. The second-order valence-electron chi connectivity index (χ2n) is 4.22. The average molecular weight is 252 g/mol. The van der Waals surface area contributed by atoms with Gasteiger partial charge in [0.05, 0.1) is 14.2 Å². The number of methoxy groups -OCH3 is 2. The Morgan fingerprint density at radius 2 is 2.06 bits per heavy atom. The number of esters is 1. The predicted octanol–water partition coefficient (Wildman–Crippen LogP) is 2.80. The molecule has 0 amide bonds. The number of rotatable bonds is 4. The summed E-state index contributed by atoms with van der Waals surface area (Å²) in [5.41, 5.74) is 1.08. The van der Waals surface area contributed by atoms with Crippen LogP contribution in [0.1, 0.15) is 18.4 Å². The first-order valence-electron chi connectivity index (χ1n) is 5.53. The molecule has 0 radical (unpaired) electrons. The Balaban J connectivity index is 2.14. The normalized spacial score (nSPS) is 16.4. The van der Waals surface area contributed by atoms with Crippen LogP contribution in [0.25, 0.3) is 0 Å². The Morgan fingerprint density at radius 1 is 1.35 bits per heavy atom. The molecule has 1 saturated carbocycles. The first-order chi connectivity index (χ1) is 8.11. The lowest BCUT2D eigenvalue weighted by Gasteiger charge is -2.13. The van der Waals surface area contributed by atoms with Gasteiger partial charge in [0.15, 0.2) is 0 Å². The summed E-state index contributed by atoms with van der Waals surface area (Å²) in [5.74, 6) is 0.758. The maximum atomic E-state index is 11.6. The number of hydrogen-bond acceptors (Lipinski definition) is 4. The Bertz CT molecular complexity index is 438. The van der Waals surface area contributed by atoms with E-state index in [9.17, 15) is 4.79 Å². The molecular weight excluding hydrogens is 236 g/mol. The largest absolute Gasteiger partial charge is 0.496 e. The van der Waals surface area contributed by atoms with E-state index < -0.39 is 0 Å². The number of carbonyl (C=O) groups is 1. The quantitative estimate of drug-likeness (QED) is 0.772. The third kappa shape index (κ3) is 2.41. The van der Waals surface area contributed by atoms with Gasteiger partial charge in [-0.1, -0.05) is 0 Å². The molecule has 0 unspecified atom stereocenters. The zero-order chi connectivity index (χ0) is 12.5. The number of aryl methyl sites for hydroxylation is 1. The molecule has 0 N–H and O–H groups in total. The van der Waals surface area contributed by atoms with Gasteiger partial charge in [0.2, 0.25) is 0 Å². The van der Waals surface area contributed by atoms with Crippen molar-refractivity contribution in [3.05, 3.63) is 23.8 Å². The van der Waals surface area contributed by atoms with E-state index in [0.717, 1.165) is 29.1 Å². The SMILES string of the molecule is COC(=O)C1(Sc2ccc(OC)c(C)c2)CC1. The highest BCUT2D eigenvalue weighted by atomic mass is 32.2. The summed E-state index contributed by atoms with van der Waals surface area (Å²) in [7, 11) is 3.11. The molecule has 0 aliphatic heterocycles. The Kier molecular flexibility index (Phi) is 3.33. The zero-order valence-electron chi connectivity index (χ0n) is 10.3. The van der Waals surface area contributed by atoms with E-state index in [4.69, 9.17) is 9.47 Å². The summed E-state index contributed by atoms with van der Waals surface area (Å²) >= 11 is 1.59. The first-order valence-corrected chi connectivity index (χ1v) is 6.35. The molecule has 92 valence electrons. The highest BCUT2D eigenvalue weighted by molar-refractivity contribution is 8.01. The highest BCUT2D eigenvalue weighted by Crippen LogP contribution is 2.52. The van der Waals surface area contributed by atoms with Crippen molar-refractivity contribution in [1.29, 1.82) is 0 Å². The summed E-state index contributed by atoms with van der Waals surface area (Å²) in [4.78, 5) is 12.7. The number of benzene rings is 1. The summed E-state index contributed by atoms with van der Waals surface area (Å²) < 4.78 is 9.72. The molecule has 0 aromatic heterocycles. The van der Waals surface area contributed by atoms with Gasteiger partial charge in [0, 0.05) is 4.90 Å². The van der Waals surface area contributed by atoms with Gasteiger partial charge in [0.1, 0.15) is 10.5 Å². The monoisotopic (exact) mass is 252 g/mol. The van der Waals surface area contributed by atoms with E-state index in [0.29, 0.717) is 0 Å². The van der Waals surface area contributed by atoms with Crippen LogP contribution in [0, 0.1) is 6.92 Å². The number of thioether (sulfide) groups is 1. The highest BCUT2D eigenvalue weighted by Gasteiger charge is 2.52. The van der Waals surface area contributed by atoms with Crippen molar-refractivity contribution in [3.8, 4) is 5.75 Å². The van der Waals surface area contributed by atoms with Crippen molar-refractivity contribution in [3.63, 3.8) is 0 Å². The molecule has 0 atom stereocenters. The third-order valence-electron chi connectivity index (χ3n) is 2.94. The standard InChI is InChI=1S/C13H16O3S/c1-9-8-10(4-5-11(9)15-2)17-13(6-7-13)12(14)16-3/h4-5,8H,6-7H2,1-3H3. The maximum absolute atomic E-state index is 11.6. The van der Waals surface area contributed by atoms with Crippen LogP contribution in [0.4, 0.5) is 0 Å². The van der Waals surface area contributed by atoms with E-state index >= 15 is 0 Å². The van der Waals surface area contributed by atoms with Crippen molar-refractivity contribution in [2.75, 3.05) is 14.2 Å². The molecule has 0 bridgehead atoms. The minimum atomic E-state index is -0.338. The molecule has 4 heteroatoms. The van der Waals surface area contributed by atoms with Crippen LogP contribution in [0.5, 0.6) is 5.75 Å². The molecule has 2 rings (SSSR count). The molecule has 1 aromatic carbocycles. The fourth-order valence-corrected chi connectivity index (χ4v) is 3.08. The number of carbonyl (C=O) groups excluding carboxylic acids is 1. The molecule has 1 aromatic rings. The van der Waals surface area contributed by atoms with E-state index in [1.807, 2.05) is 25.1 Å². The van der Waals surface area contributed by atoms with Crippen molar-refractivity contribution in [2.24, 2.45) is 0 Å². The van der Waals surface area contributed by atoms with Gasteiger partial charge < -0.3 is 9.47 Å². The van der Waals surface area contributed by atoms with Gasteiger partial charge in [-0.25, -0.2) is 0 Å². The predicted molar refractivity (Wildman–Crippen MR) is 67.6 cm³/mol. The second-order valence-corrected chi connectivity index (χ2v) is 5.68. The van der Waals surface area contributed by atoms with Crippen molar-refractivity contribution in [2.45, 2.75) is 29.4 Å². The van der Waals surface area contributed by atoms with Gasteiger partial charge in [-0.15, -0.1) is 11.8 Å². The van der Waals surface area contributed by atoms with Crippen LogP contribution in [-0.2, 0) is 9.53 Å². The van der Waals surface area contributed by atoms with Crippen LogP contribution in [0.15, 0.2) is 23.1 Å². The Hall–Kier alpha value is -1.16. The van der Waals surface area contributed by atoms with Gasteiger partial charge >= 0.3 is 5.97 Å². The summed E-state index contributed by atoms with van der Waals surface area (Å²) in [5, 5.41) is 0. The van der Waals surface area contributed by atoms with Crippen LogP contribution < -0.4 is 4.74 Å². The average Bonchev–Trinajstić information content (AvgIpc) is 3.09. The van der Waals surface area contributed by atoms with Crippen molar-refractivity contribution < 1.29 is 14.3 Å². The number of hydrogen-bond donors (Lipinski definition) is 0. The smallest absolute Gasteiger partial charge is 0.322 e. The van der Waals surface area contributed by atoms with E-state index in [1.54, 1.807) is 18.9 Å². The third-order valence-corrected chi connectivity index (χ3v) is 4.40. The minimum Gasteiger partial charge on any atom is -0.496 e. The Labute approximate surface area is 105 Å². The minimum absolute atomic E-state index is 0.115. The summed E-state index contributed by atoms with van der Waals surface area (Å²) in [6.07, 6.45) is 1.80. The lowest BCUT2D eigenvalue weighted by Crippen LogP contribution is -2.19. The summed E-state index contributed by atoms with van der Waals surface area (Å²) in [6, 6.07) is 5.97. The van der Waals surface area contributed by atoms with Crippen molar-refractivity contribution in [1.82, 2.24) is 0 Å². The van der Waals surface area contributed by atoms with Crippen LogP contribution in [0.2, 0.25) is 0 Å². The topological polar surface area (TPSA) is 35.5 Å². The van der Waals surface area contributed by atoms with Gasteiger partial charge in [0.25, 0.3) is 0 Å². The van der Waals surface area contributed by atoms with Crippen molar-refractivity contribution >= 4 is 17.7 Å². The van der Waals surface area contributed by atoms with E-state index in [2.05, 4.69) is 0 Å². The van der Waals surface area contributed by atoms with Crippen LogP contribution in [-0.4, -0.2) is 24.9 Å². The molecule has 1 aliphatic carbocycles. The maximum Gasteiger partial charge on any atom is 0.322 e.